The first kappa shape index (κ1) is 25.0. The molecule has 4 nitrogen and oxygen atoms in total. The molecule has 0 spiro atoms. The van der Waals surface area contributed by atoms with E-state index in [4.69, 9.17) is 10.7 Å². The van der Waals surface area contributed by atoms with Crippen LogP contribution in [0.4, 0.5) is 5.69 Å². The summed E-state index contributed by atoms with van der Waals surface area (Å²) in [7, 11) is 1.55. The molecule has 0 radical (unpaired) electrons. The number of amides is 1. The van der Waals surface area contributed by atoms with Crippen LogP contribution < -0.4 is 5.32 Å². The molecular formula is C22H36ClNO3S. The first-order valence-electron chi connectivity index (χ1n) is 10.8. The van der Waals surface area contributed by atoms with Gasteiger partial charge in [0.25, 0.3) is 9.05 Å². The number of anilines is 1. The molecule has 0 heterocycles. The molecule has 28 heavy (non-hydrogen) atoms. The van der Waals surface area contributed by atoms with Crippen LogP contribution in [0.2, 0.25) is 0 Å². The van der Waals surface area contributed by atoms with E-state index in [9.17, 15) is 13.2 Å². The van der Waals surface area contributed by atoms with Gasteiger partial charge in [-0.05, 0) is 30.7 Å². The third-order valence-electron chi connectivity index (χ3n) is 4.93. The normalized spacial score (nSPS) is 11.5. The van der Waals surface area contributed by atoms with E-state index in [0.717, 1.165) is 12.8 Å². The zero-order chi connectivity index (χ0) is 20.7. The van der Waals surface area contributed by atoms with E-state index >= 15 is 0 Å². The van der Waals surface area contributed by atoms with Crippen molar-refractivity contribution in [1.29, 1.82) is 0 Å². The van der Waals surface area contributed by atoms with E-state index in [1.165, 1.54) is 82.8 Å². The summed E-state index contributed by atoms with van der Waals surface area (Å²) in [6.45, 7) is 2.25. The molecule has 0 bridgehead atoms. The van der Waals surface area contributed by atoms with Gasteiger partial charge in [0.05, 0.1) is 4.90 Å². The third-order valence-corrected chi connectivity index (χ3v) is 6.30. The van der Waals surface area contributed by atoms with Crippen LogP contribution in [0.3, 0.4) is 0 Å². The number of rotatable bonds is 16. The molecule has 0 aromatic heterocycles. The highest BCUT2D eigenvalue weighted by Gasteiger charge is 2.09. The predicted molar refractivity (Wildman–Crippen MR) is 118 cm³/mol. The Morgan fingerprint density at radius 3 is 1.64 bits per heavy atom. The average Bonchev–Trinajstić information content (AvgIpc) is 2.65. The second kappa shape index (κ2) is 14.9. The first-order valence-corrected chi connectivity index (χ1v) is 13.1. The van der Waals surface area contributed by atoms with Gasteiger partial charge in [-0.25, -0.2) is 8.42 Å². The lowest BCUT2D eigenvalue weighted by Gasteiger charge is -2.06. The van der Waals surface area contributed by atoms with Gasteiger partial charge >= 0.3 is 0 Å². The fourth-order valence-corrected chi connectivity index (χ4v) is 4.00. The highest BCUT2D eigenvalue weighted by Crippen LogP contribution is 2.18. The zero-order valence-corrected chi connectivity index (χ0v) is 18.8. The van der Waals surface area contributed by atoms with Gasteiger partial charge < -0.3 is 5.32 Å². The van der Waals surface area contributed by atoms with Crippen molar-refractivity contribution in [3.8, 4) is 0 Å². The number of hydrogen-bond acceptors (Lipinski definition) is 3. The summed E-state index contributed by atoms with van der Waals surface area (Å²) in [6.07, 6.45) is 17.1. The molecule has 1 aromatic carbocycles. The first-order chi connectivity index (χ1) is 13.4. The van der Waals surface area contributed by atoms with Gasteiger partial charge in [-0.15, -0.1) is 0 Å². The van der Waals surface area contributed by atoms with Gasteiger partial charge in [0.15, 0.2) is 0 Å². The van der Waals surface area contributed by atoms with Crippen LogP contribution in [0, 0.1) is 0 Å². The molecule has 0 saturated carbocycles. The van der Waals surface area contributed by atoms with Crippen molar-refractivity contribution >= 4 is 31.3 Å². The fraction of sp³-hybridized carbons (Fsp3) is 0.682. The summed E-state index contributed by atoms with van der Waals surface area (Å²) >= 11 is 0. The molecule has 0 aliphatic rings. The van der Waals surface area contributed by atoms with Crippen LogP contribution in [0.1, 0.15) is 96.8 Å². The Labute approximate surface area is 175 Å². The topological polar surface area (TPSA) is 63.2 Å². The maximum atomic E-state index is 11.9. The lowest BCUT2D eigenvalue weighted by Crippen LogP contribution is -2.11. The minimum Gasteiger partial charge on any atom is -0.326 e. The van der Waals surface area contributed by atoms with Crippen molar-refractivity contribution in [1.82, 2.24) is 0 Å². The minimum atomic E-state index is -3.72. The molecule has 1 aromatic rings. The molecule has 1 N–H and O–H groups in total. The smallest absolute Gasteiger partial charge is 0.261 e. The minimum absolute atomic E-state index is 0.0312. The molecule has 1 rings (SSSR count). The predicted octanol–water partition coefficient (Wildman–Crippen LogP) is 7.03. The fourth-order valence-electron chi connectivity index (χ4n) is 3.23. The van der Waals surface area contributed by atoms with E-state index in [2.05, 4.69) is 12.2 Å². The van der Waals surface area contributed by atoms with Gasteiger partial charge in [0.1, 0.15) is 0 Å². The van der Waals surface area contributed by atoms with Gasteiger partial charge in [0.2, 0.25) is 5.91 Å². The summed E-state index contributed by atoms with van der Waals surface area (Å²) in [5, 5.41) is 2.79. The van der Waals surface area contributed by atoms with E-state index in [-0.39, 0.29) is 10.8 Å². The Morgan fingerprint density at radius 1 is 0.786 bits per heavy atom. The molecule has 0 aliphatic heterocycles. The Morgan fingerprint density at radius 2 is 1.21 bits per heavy atom. The van der Waals surface area contributed by atoms with Crippen molar-refractivity contribution in [2.75, 3.05) is 5.32 Å². The molecular weight excluding hydrogens is 394 g/mol. The molecule has 0 saturated heterocycles. The summed E-state index contributed by atoms with van der Waals surface area (Å²) in [5.74, 6) is -0.0375. The largest absolute Gasteiger partial charge is 0.326 e. The number of unbranched alkanes of at least 4 members (excludes halogenated alkanes) is 12. The van der Waals surface area contributed by atoms with Crippen LogP contribution in [-0.4, -0.2) is 14.3 Å². The number of carbonyl (C=O) groups is 1. The van der Waals surface area contributed by atoms with Crippen LogP contribution in [0.15, 0.2) is 29.2 Å². The second-order valence-electron chi connectivity index (χ2n) is 7.50. The molecule has 1 amide bonds. The summed E-state index contributed by atoms with van der Waals surface area (Å²) < 4.78 is 22.4. The van der Waals surface area contributed by atoms with Crippen molar-refractivity contribution < 1.29 is 13.2 Å². The number of nitrogens with one attached hydrogen (secondary N) is 1. The van der Waals surface area contributed by atoms with Gasteiger partial charge in [-0.3, -0.25) is 4.79 Å². The van der Waals surface area contributed by atoms with E-state index in [1.54, 1.807) is 12.1 Å². The summed E-state index contributed by atoms with van der Waals surface area (Å²) in [4.78, 5) is 12.0. The highest BCUT2D eigenvalue weighted by molar-refractivity contribution is 8.13. The maximum Gasteiger partial charge on any atom is 0.261 e. The van der Waals surface area contributed by atoms with E-state index in [1.807, 2.05) is 0 Å². The van der Waals surface area contributed by atoms with Crippen molar-refractivity contribution in [3.05, 3.63) is 24.3 Å². The Balaban J connectivity index is 1.98. The third kappa shape index (κ3) is 12.4. The Bertz CT molecular complexity index is 644. The summed E-state index contributed by atoms with van der Waals surface area (Å²) in [6, 6.07) is 5.89. The second-order valence-corrected chi connectivity index (χ2v) is 10.1. The Kier molecular flexibility index (Phi) is 13.3. The van der Waals surface area contributed by atoms with E-state index in [0.29, 0.717) is 12.1 Å². The van der Waals surface area contributed by atoms with Crippen LogP contribution >= 0.6 is 10.7 Å². The lowest BCUT2D eigenvalue weighted by atomic mass is 10.0. The molecule has 6 heteroatoms. The molecule has 0 unspecified atom stereocenters. The standard InChI is InChI=1S/C22H36ClNO3S/c1-2-3-4-5-6-7-8-9-10-11-12-13-14-15-22(25)24-20-16-18-21(19-17-20)28(23,26)27/h16-19H,2-15H2,1H3,(H,24,25). The van der Waals surface area contributed by atoms with Crippen molar-refractivity contribution in [2.45, 2.75) is 102 Å². The molecule has 160 valence electrons. The van der Waals surface area contributed by atoms with Crippen molar-refractivity contribution in [3.63, 3.8) is 0 Å². The molecule has 0 fully saturated rings. The van der Waals surface area contributed by atoms with Gasteiger partial charge in [0, 0.05) is 22.8 Å². The zero-order valence-electron chi connectivity index (χ0n) is 17.2. The number of benzene rings is 1. The molecule has 0 atom stereocenters. The lowest BCUT2D eigenvalue weighted by molar-refractivity contribution is -0.116. The van der Waals surface area contributed by atoms with E-state index < -0.39 is 9.05 Å². The van der Waals surface area contributed by atoms with Crippen molar-refractivity contribution in [2.24, 2.45) is 0 Å². The quantitative estimate of drug-likeness (QED) is 0.226. The monoisotopic (exact) mass is 429 g/mol. The highest BCUT2D eigenvalue weighted by atomic mass is 35.7. The summed E-state index contributed by atoms with van der Waals surface area (Å²) in [5.41, 5.74) is 0.587. The SMILES string of the molecule is CCCCCCCCCCCCCCCC(=O)Nc1ccc(S(=O)(=O)Cl)cc1. The van der Waals surface area contributed by atoms with Crippen LogP contribution in [0.25, 0.3) is 0 Å². The van der Waals surface area contributed by atoms with Crippen LogP contribution in [0.5, 0.6) is 0 Å². The number of halogens is 1. The van der Waals surface area contributed by atoms with Crippen LogP contribution in [-0.2, 0) is 13.8 Å². The van der Waals surface area contributed by atoms with Gasteiger partial charge in [-0.2, -0.15) is 0 Å². The average molecular weight is 430 g/mol. The maximum absolute atomic E-state index is 11.9. The molecule has 0 aliphatic carbocycles. The Hall–Kier alpha value is -1.07. The number of hydrogen-bond donors (Lipinski definition) is 1. The van der Waals surface area contributed by atoms with Gasteiger partial charge in [-0.1, -0.05) is 84.0 Å². The number of carbonyl (C=O) groups excluding carboxylic acids is 1.